The van der Waals surface area contributed by atoms with Gasteiger partial charge in [0, 0.05) is 62.6 Å². The molecule has 1 aromatic rings. The van der Waals surface area contributed by atoms with Crippen molar-refractivity contribution in [2.75, 3.05) is 26.2 Å². The first-order valence-electron chi connectivity index (χ1n) is 6.30. The van der Waals surface area contributed by atoms with E-state index in [1.807, 2.05) is 0 Å². The number of amides is 1. The third kappa shape index (κ3) is 3.89. The molecule has 0 radical (unpaired) electrons. The van der Waals surface area contributed by atoms with Crippen LogP contribution < -0.4 is 0 Å². The number of aliphatic hydroxyl groups is 1. The fourth-order valence-corrected chi connectivity index (χ4v) is 2.42. The fourth-order valence-electron chi connectivity index (χ4n) is 2.25. The number of β-amino-alcohol motifs (C(OH)–C–C–N with tert-alkyl or cyclic N) is 1. The number of carbonyl (C=O) groups excluding carboxylic acids is 1. The summed E-state index contributed by atoms with van der Waals surface area (Å²) in [6.07, 6.45) is 2.87. The molecule has 1 aliphatic heterocycles. The van der Waals surface area contributed by atoms with Gasteiger partial charge in [-0.05, 0) is 6.07 Å². The molecule has 0 unspecified atom stereocenters. The van der Waals surface area contributed by atoms with E-state index in [-0.39, 0.29) is 5.91 Å². The lowest BCUT2D eigenvalue weighted by atomic mass is 10.2. The molecule has 2 rings (SSSR count). The zero-order valence-electron chi connectivity index (χ0n) is 10.9. The maximum atomic E-state index is 11.4. The fraction of sp³-hybridized carbons (Fsp3) is 0.538. The number of carbonyl (C=O) groups is 1. The van der Waals surface area contributed by atoms with Gasteiger partial charge >= 0.3 is 0 Å². The van der Waals surface area contributed by atoms with E-state index in [0.29, 0.717) is 31.2 Å². The van der Waals surface area contributed by atoms with Gasteiger partial charge in [-0.2, -0.15) is 0 Å². The second-order valence-corrected chi connectivity index (χ2v) is 5.23. The first kappa shape index (κ1) is 14.2. The van der Waals surface area contributed by atoms with Gasteiger partial charge in [0.05, 0.1) is 6.10 Å². The minimum atomic E-state index is -0.526. The Morgan fingerprint density at radius 2 is 2.32 bits per heavy atom. The summed E-state index contributed by atoms with van der Waals surface area (Å²) in [4.78, 5) is 19.2. The molecule has 0 spiro atoms. The van der Waals surface area contributed by atoms with Crippen LogP contribution in [0.4, 0.5) is 0 Å². The van der Waals surface area contributed by atoms with E-state index in [4.69, 9.17) is 11.6 Å². The first-order valence-corrected chi connectivity index (χ1v) is 6.68. The molecule has 1 aromatic heterocycles. The molecule has 1 amide bonds. The average Bonchev–Trinajstić information content (AvgIpc) is 2.54. The molecule has 1 fully saturated rings. The van der Waals surface area contributed by atoms with E-state index in [1.165, 1.54) is 6.92 Å². The van der Waals surface area contributed by atoms with Crippen molar-refractivity contribution in [1.29, 1.82) is 0 Å². The first-order chi connectivity index (χ1) is 9.06. The van der Waals surface area contributed by atoms with Crippen LogP contribution in [0.3, 0.4) is 0 Å². The van der Waals surface area contributed by atoms with E-state index in [2.05, 4.69) is 9.88 Å². The lowest BCUT2D eigenvalue weighted by molar-refractivity contribution is -0.129. The van der Waals surface area contributed by atoms with Gasteiger partial charge in [-0.1, -0.05) is 11.6 Å². The van der Waals surface area contributed by atoms with Crippen LogP contribution in [0.5, 0.6) is 0 Å². The van der Waals surface area contributed by atoms with Gasteiger partial charge in [-0.3, -0.25) is 14.7 Å². The van der Waals surface area contributed by atoms with Crippen LogP contribution in [0.1, 0.15) is 12.5 Å². The summed E-state index contributed by atoms with van der Waals surface area (Å²) in [5.41, 5.74) is 0.938. The molecule has 1 N–H and O–H groups in total. The predicted octanol–water partition coefficient (Wildman–Crippen LogP) is 0.760. The molecule has 104 valence electrons. The molecule has 5 nitrogen and oxygen atoms in total. The Kier molecular flexibility index (Phi) is 4.74. The largest absolute Gasteiger partial charge is 0.390 e. The van der Waals surface area contributed by atoms with Crippen LogP contribution in [-0.4, -0.2) is 58.1 Å². The zero-order valence-corrected chi connectivity index (χ0v) is 11.7. The number of rotatable bonds is 2. The predicted molar refractivity (Wildman–Crippen MR) is 72.8 cm³/mol. The molecular weight excluding hydrogens is 266 g/mol. The van der Waals surface area contributed by atoms with E-state index in [1.54, 1.807) is 23.4 Å². The Bertz CT molecular complexity index is 455. The van der Waals surface area contributed by atoms with Gasteiger partial charge in [-0.15, -0.1) is 0 Å². The molecule has 0 aromatic carbocycles. The third-order valence-corrected chi connectivity index (χ3v) is 3.64. The molecular formula is C13H18ClN3O2. The van der Waals surface area contributed by atoms with E-state index in [0.717, 1.165) is 12.1 Å². The van der Waals surface area contributed by atoms with E-state index >= 15 is 0 Å². The zero-order chi connectivity index (χ0) is 13.8. The van der Waals surface area contributed by atoms with Gasteiger partial charge < -0.3 is 10.0 Å². The summed E-state index contributed by atoms with van der Waals surface area (Å²) in [5, 5.41) is 10.6. The maximum Gasteiger partial charge on any atom is 0.219 e. The standard InChI is InChI=1S/C13H18ClN3O2/c1-10(18)17-5-4-16(8-12(19)9-17)7-11-6-15-3-2-13(11)14/h2-3,6,12,19H,4-5,7-9H2,1H3/t12-/m0/s1. The monoisotopic (exact) mass is 283 g/mol. The number of hydrogen-bond acceptors (Lipinski definition) is 4. The Morgan fingerprint density at radius 3 is 3.00 bits per heavy atom. The van der Waals surface area contributed by atoms with Gasteiger partial charge in [-0.25, -0.2) is 0 Å². The number of halogens is 1. The molecule has 1 aliphatic rings. The Hall–Kier alpha value is -1.17. The van der Waals surface area contributed by atoms with Gasteiger partial charge in [0.15, 0.2) is 0 Å². The highest BCUT2D eigenvalue weighted by atomic mass is 35.5. The van der Waals surface area contributed by atoms with Crippen LogP contribution in [0.15, 0.2) is 18.5 Å². The lowest BCUT2D eigenvalue weighted by Crippen LogP contribution is -2.36. The van der Waals surface area contributed by atoms with Crippen molar-refractivity contribution < 1.29 is 9.90 Å². The highest BCUT2D eigenvalue weighted by Gasteiger charge is 2.22. The van der Waals surface area contributed by atoms with Crippen LogP contribution >= 0.6 is 11.6 Å². The van der Waals surface area contributed by atoms with Crippen molar-refractivity contribution in [3.63, 3.8) is 0 Å². The molecule has 1 atom stereocenters. The Morgan fingerprint density at radius 1 is 1.53 bits per heavy atom. The molecule has 0 bridgehead atoms. The second-order valence-electron chi connectivity index (χ2n) is 4.82. The molecule has 1 saturated heterocycles. The van der Waals surface area contributed by atoms with Crippen molar-refractivity contribution in [3.05, 3.63) is 29.0 Å². The van der Waals surface area contributed by atoms with E-state index in [9.17, 15) is 9.90 Å². The van der Waals surface area contributed by atoms with Crippen molar-refractivity contribution in [2.24, 2.45) is 0 Å². The van der Waals surface area contributed by atoms with Crippen molar-refractivity contribution >= 4 is 17.5 Å². The van der Waals surface area contributed by atoms with Crippen LogP contribution in [0.25, 0.3) is 0 Å². The summed E-state index contributed by atoms with van der Waals surface area (Å²) < 4.78 is 0. The van der Waals surface area contributed by atoms with Gasteiger partial charge in [0.25, 0.3) is 0 Å². The number of aromatic nitrogens is 1. The number of nitrogens with zero attached hydrogens (tertiary/aromatic N) is 3. The number of pyridine rings is 1. The quantitative estimate of drug-likeness (QED) is 0.871. The van der Waals surface area contributed by atoms with Crippen molar-refractivity contribution in [3.8, 4) is 0 Å². The highest BCUT2D eigenvalue weighted by molar-refractivity contribution is 6.31. The number of aliphatic hydroxyl groups excluding tert-OH is 1. The Labute approximate surface area is 117 Å². The summed E-state index contributed by atoms with van der Waals surface area (Å²) in [7, 11) is 0. The second kappa shape index (κ2) is 6.32. The van der Waals surface area contributed by atoms with Gasteiger partial charge in [0.1, 0.15) is 0 Å². The van der Waals surface area contributed by atoms with Crippen LogP contribution in [0.2, 0.25) is 5.02 Å². The third-order valence-electron chi connectivity index (χ3n) is 3.27. The minimum absolute atomic E-state index is 0.000287. The lowest BCUT2D eigenvalue weighted by Gasteiger charge is -2.21. The molecule has 2 heterocycles. The molecule has 19 heavy (non-hydrogen) atoms. The topological polar surface area (TPSA) is 56.7 Å². The van der Waals surface area contributed by atoms with Crippen LogP contribution in [-0.2, 0) is 11.3 Å². The average molecular weight is 284 g/mol. The molecule has 0 aliphatic carbocycles. The molecule has 0 saturated carbocycles. The van der Waals surface area contributed by atoms with Gasteiger partial charge in [0.2, 0.25) is 5.91 Å². The highest BCUT2D eigenvalue weighted by Crippen LogP contribution is 2.17. The minimum Gasteiger partial charge on any atom is -0.390 e. The van der Waals surface area contributed by atoms with Crippen molar-refractivity contribution in [2.45, 2.75) is 19.6 Å². The Balaban J connectivity index is 2.02. The SMILES string of the molecule is CC(=O)N1CCN(Cc2cnccc2Cl)C[C@H](O)C1. The van der Waals surface area contributed by atoms with E-state index < -0.39 is 6.10 Å². The van der Waals surface area contributed by atoms with Crippen molar-refractivity contribution in [1.82, 2.24) is 14.8 Å². The summed E-state index contributed by atoms with van der Waals surface area (Å²) in [6, 6.07) is 1.76. The smallest absolute Gasteiger partial charge is 0.219 e. The normalized spacial score (nSPS) is 21.2. The maximum absolute atomic E-state index is 11.4. The number of hydrogen-bond donors (Lipinski definition) is 1. The summed E-state index contributed by atoms with van der Waals surface area (Å²) in [6.45, 7) is 4.45. The summed E-state index contributed by atoms with van der Waals surface area (Å²) >= 11 is 6.11. The summed E-state index contributed by atoms with van der Waals surface area (Å²) in [5.74, 6) is 0.000287. The van der Waals surface area contributed by atoms with Crippen LogP contribution in [0, 0.1) is 0 Å². The molecule has 6 heteroatoms.